The monoisotopic (exact) mass is 469 g/mol. The fourth-order valence-corrected chi connectivity index (χ4v) is 3.65. The Bertz CT molecular complexity index is 957. The summed E-state index contributed by atoms with van der Waals surface area (Å²) in [6.45, 7) is 4.15. The molecule has 0 saturated carbocycles. The minimum absolute atomic E-state index is 0.500. The molecule has 0 unspecified atom stereocenters. The number of hydrogen-bond acceptors (Lipinski definition) is 4. The average Bonchev–Trinajstić information content (AvgIpc) is 2.77. The van der Waals surface area contributed by atoms with Crippen LogP contribution < -0.4 is 19.5 Å². The van der Waals surface area contributed by atoms with Crippen molar-refractivity contribution >= 4 is 15.9 Å². The molecule has 0 aromatic heterocycles. The molecule has 4 nitrogen and oxygen atoms in total. The molecule has 3 aromatic rings. The normalized spacial score (nSPS) is 10.7. The minimum Gasteiger partial charge on any atom is -0.496 e. The molecule has 0 aliphatic rings. The first-order valence-electron chi connectivity index (χ1n) is 9.98. The Kier molecular flexibility index (Phi) is 8.17. The van der Waals surface area contributed by atoms with E-state index in [4.69, 9.17) is 14.2 Å². The standard InChI is InChI=1S/C25H28BrNO3/c1-18-8-10-19(11-9-18)17-30-25-15-22(26)21(14-24(25)29-3)16-27-13-12-20-6-4-5-7-23(20)28-2/h4-11,14-15,27H,12-13,16-17H2,1-3H3. The molecule has 0 radical (unpaired) electrons. The molecule has 0 saturated heterocycles. The minimum atomic E-state index is 0.500. The predicted octanol–water partition coefficient (Wildman–Crippen LogP) is 5.69. The molecule has 0 spiro atoms. The number of ether oxygens (including phenoxy) is 3. The SMILES string of the molecule is COc1ccccc1CCNCc1cc(OC)c(OCc2ccc(C)cc2)cc1Br. The summed E-state index contributed by atoms with van der Waals surface area (Å²) in [6.07, 6.45) is 0.899. The molecule has 0 aliphatic heterocycles. The maximum absolute atomic E-state index is 6.01. The van der Waals surface area contributed by atoms with Crippen LogP contribution in [0.1, 0.15) is 22.3 Å². The van der Waals surface area contributed by atoms with Gasteiger partial charge in [-0.1, -0.05) is 64.0 Å². The third-order valence-corrected chi connectivity index (χ3v) is 5.66. The second-order valence-electron chi connectivity index (χ2n) is 7.11. The number of nitrogens with one attached hydrogen (secondary N) is 1. The van der Waals surface area contributed by atoms with Gasteiger partial charge in [0.2, 0.25) is 0 Å². The summed E-state index contributed by atoms with van der Waals surface area (Å²) in [5.41, 5.74) is 4.68. The maximum atomic E-state index is 6.01. The fourth-order valence-electron chi connectivity index (χ4n) is 3.19. The molecule has 30 heavy (non-hydrogen) atoms. The summed E-state index contributed by atoms with van der Waals surface area (Å²) < 4.78 is 18.0. The highest BCUT2D eigenvalue weighted by atomic mass is 79.9. The molecule has 0 atom stereocenters. The van der Waals surface area contributed by atoms with Crippen LogP contribution in [0.4, 0.5) is 0 Å². The molecule has 0 aliphatic carbocycles. The van der Waals surface area contributed by atoms with E-state index in [-0.39, 0.29) is 0 Å². The summed E-state index contributed by atoms with van der Waals surface area (Å²) in [4.78, 5) is 0. The zero-order valence-corrected chi connectivity index (χ0v) is 19.3. The van der Waals surface area contributed by atoms with E-state index in [0.29, 0.717) is 6.61 Å². The number of rotatable bonds is 10. The predicted molar refractivity (Wildman–Crippen MR) is 125 cm³/mol. The number of halogens is 1. The van der Waals surface area contributed by atoms with Gasteiger partial charge < -0.3 is 19.5 Å². The Morgan fingerprint density at radius 2 is 1.57 bits per heavy atom. The zero-order valence-electron chi connectivity index (χ0n) is 17.7. The third kappa shape index (κ3) is 6.00. The van der Waals surface area contributed by atoms with E-state index in [1.807, 2.05) is 30.3 Å². The van der Waals surface area contributed by atoms with Crippen LogP contribution in [-0.2, 0) is 19.6 Å². The van der Waals surface area contributed by atoms with Crippen molar-refractivity contribution in [2.75, 3.05) is 20.8 Å². The lowest BCUT2D eigenvalue weighted by atomic mass is 10.1. The summed E-state index contributed by atoms with van der Waals surface area (Å²) in [7, 11) is 3.37. The number of aryl methyl sites for hydroxylation is 1. The first kappa shape index (κ1) is 22.2. The second-order valence-corrected chi connectivity index (χ2v) is 7.96. The van der Waals surface area contributed by atoms with E-state index < -0.39 is 0 Å². The van der Waals surface area contributed by atoms with Gasteiger partial charge in [0.05, 0.1) is 14.2 Å². The van der Waals surface area contributed by atoms with E-state index in [2.05, 4.69) is 58.5 Å². The molecule has 0 fully saturated rings. The number of para-hydroxylation sites is 1. The second kappa shape index (κ2) is 11.0. The van der Waals surface area contributed by atoms with Crippen molar-refractivity contribution in [3.05, 3.63) is 87.4 Å². The molecule has 3 aromatic carbocycles. The van der Waals surface area contributed by atoms with E-state index in [0.717, 1.165) is 52.4 Å². The highest BCUT2D eigenvalue weighted by molar-refractivity contribution is 9.10. The molecule has 0 bridgehead atoms. The van der Waals surface area contributed by atoms with Crippen molar-refractivity contribution in [1.82, 2.24) is 5.32 Å². The Labute approximate surface area is 187 Å². The molecule has 0 amide bonds. The summed E-state index contributed by atoms with van der Waals surface area (Å²) in [5.74, 6) is 2.38. The molecule has 3 rings (SSSR count). The van der Waals surface area contributed by atoms with Gasteiger partial charge in [-0.2, -0.15) is 0 Å². The molecule has 5 heteroatoms. The Hall–Kier alpha value is -2.50. The summed E-state index contributed by atoms with van der Waals surface area (Å²) in [5, 5.41) is 3.49. The van der Waals surface area contributed by atoms with Gasteiger partial charge in [0.1, 0.15) is 12.4 Å². The van der Waals surface area contributed by atoms with Crippen LogP contribution in [0.5, 0.6) is 17.2 Å². The van der Waals surface area contributed by atoms with Gasteiger partial charge in [-0.15, -0.1) is 0 Å². The summed E-state index contributed by atoms with van der Waals surface area (Å²) >= 11 is 3.67. The highest BCUT2D eigenvalue weighted by Gasteiger charge is 2.11. The first-order chi connectivity index (χ1) is 14.6. The van der Waals surface area contributed by atoms with Gasteiger partial charge in [0, 0.05) is 11.0 Å². The van der Waals surface area contributed by atoms with E-state index >= 15 is 0 Å². The van der Waals surface area contributed by atoms with Crippen LogP contribution in [0.15, 0.2) is 65.1 Å². The van der Waals surface area contributed by atoms with Crippen molar-refractivity contribution in [3.8, 4) is 17.2 Å². The average molecular weight is 470 g/mol. The van der Waals surface area contributed by atoms with Crippen molar-refractivity contribution in [1.29, 1.82) is 0 Å². The van der Waals surface area contributed by atoms with E-state index in [9.17, 15) is 0 Å². The maximum Gasteiger partial charge on any atom is 0.162 e. The van der Waals surface area contributed by atoms with Gasteiger partial charge in [-0.25, -0.2) is 0 Å². The van der Waals surface area contributed by atoms with Gasteiger partial charge >= 0.3 is 0 Å². The van der Waals surface area contributed by atoms with Crippen LogP contribution in [0.25, 0.3) is 0 Å². The Balaban J connectivity index is 1.58. The van der Waals surface area contributed by atoms with Crippen molar-refractivity contribution in [3.63, 3.8) is 0 Å². The zero-order chi connectivity index (χ0) is 21.3. The van der Waals surface area contributed by atoms with Gasteiger partial charge in [0.15, 0.2) is 11.5 Å². The molecular formula is C25H28BrNO3. The topological polar surface area (TPSA) is 39.7 Å². The Morgan fingerprint density at radius 3 is 2.30 bits per heavy atom. The molecule has 0 heterocycles. The van der Waals surface area contributed by atoms with Gasteiger partial charge in [-0.05, 0) is 54.8 Å². The van der Waals surface area contributed by atoms with Gasteiger partial charge in [-0.3, -0.25) is 0 Å². The number of methoxy groups -OCH3 is 2. The lowest BCUT2D eigenvalue weighted by Crippen LogP contribution is -2.17. The Morgan fingerprint density at radius 1 is 0.833 bits per heavy atom. The van der Waals surface area contributed by atoms with Crippen LogP contribution in [0.2, 0.25) is 0 Å². The van der Waals surface area contributed by atoms with Crippen LogP contribution in [-0.4, -0.2) is 20.8 Å². The highest BCUT2D eigenvalue weighted by Crippen LogP contribution is 2.34. The summed E-state index contributed by atoms with van der Waals surface area (Å²) in [6, 6.07) is 20.4. The third-order valence-electron chi connectivity index (χ3n) is 4.93. The van der Waals surface area contributed by atoms with Crippen LogP contribution in [0, 0.1) is 6.92 Å². The van der Waals surface area contributed by atoms with E-state index in [1.165, 1.54) is 11.1 Å². The van der Waals surface area contributed by atoms with Crippen molar-refractivity contribution in [2.24, 2.45) is 0 Å². The van der Waals surface area contributed by atoms with Gasteiger partial charge in [0.25, 0.3) is 0 Å². The quantitative estimate of drug-likeness (QED) is 0.387. The first-order valence-corrected chi connectivity index (χ1v) is 10.8. The van der Waals surface area contributed by atoms with Crippen LogP contribution >= 0.6 is 15.9 Å². The number of hydrogen-bond donors (Lipinski definition) is 1. The largest absolute Gasteiger partial charge is 0.496 e. The van der Waals surface area contributed by atoms with E-state index in [1.54, 1.807) is 14.2 Å². The lowest BCUT2D eigenvalue weighted by molar-refractivity contribution is 0.284. The molecular weight excluding hydrogens is 442 g/mol. The van der Waals surface area contributed by atoms with Crippen molar-refractivity contribution in [2.45, 2.75) is 26.5 Å². The van der Waals surface area contributed by atoms with Crippen LogP contribution in [0.3, 0.4) is 0 Å². The van der Waals surface area contributed by atoms with Crippen molar-refractivity contribution < 1.29 is 14.2 Å². The molecule has 158 valence electrons. The fraction of sp³-hybridized carbons (Fsp3) is 0.280. The lowest BCUT2D eigenvalue weighted by Gasteiger charge is -2.15. The number of benzene rings is 3. The smallest absolute Gasteiger partial charge is 0.162 e. The molecule has 1 N–H and O–H groups in total.